The van der Waals surface area contributed by atoms with E-state index < -0.39 is 17.8 Å². The number of hydrogen-bond acceptors (Lipinski definition) is 3. The highest BCUT2D eigenvalue weighted by atomic mass is 35.5. The highest BCUT2D eigenvalue weighted by Crippen LogP contribution is 2.17. The number of nitrogens with one attached hydrogen (secondary N) is 1. The van der Waals surface area contributed by atoms with Gasteiger partial charge in [-0.15, -0.1) is 0 Å². The number of ether oxygens (including phenoxy) is 1. The Kier molecular flexibility index (Phi) is 8.46. The lowest BCUT2D eigenvalue weighted by Gasteiger charge is -2.29. The molecule has 29 heavy (non-hydrogen) atoms. The lowest BCUT2D eigenvalue weighted by Crippen LogP contribution is -2.50. The van der Waals surface area contributed by atoms with Crippen molar-refractivity contribution in [3.05, 3.63) is 64.9 Å². The van der Waals surface area contributed by atoms with Crippen molar-refractivity contribution in [2.75, 3.05) is 6.61 Å². The second kappa shape index (κ2) is 10.8. The fourth-order valence-electron chi connectivity index (χ4n) is 2.62. The predicted octanol–water partition coefficient (Wildman–Crippen LogP) is 4.19. The molecule has 2 atom stereocenters. The minimum Gasteiger partial charge on any atom is -0.481 e. The summed E-state index contributed by atoms with van der Waals surface area (Å²) in [7, 11) is 0. The molecule has 0 unspecified atom stereocenters. The van der Waals surface area contributed by atoms with E-state index in [0.717, 1.165) is 12.0 Å². The zero-order chi connectivity index (χ0) is 21.4. The molecule has 0 saturated carbocycles. The van der Waals surface area contributed by atoms with Gasteiger partial charge in [-0.2, -0.15) is 0 Å². The Morgan fingerprint density at radius 3 is 2.41 bits per heavy atom. The maximum absolute atomic E-state index is 13.8. The maximum atomic E-state index is 13.8. The maximum Gasteiger partial charge on any atom is 0.261 e. The van der Waals surface area contributed by atoms with E-state index in [-0.39, 0.29) is 30.9 Å². The highest BCUT2D eigenvalue weighted by Gasteiger charge is 2.27. The molecular weight excluding hydrogens is 395 g/mol. The summed E-state index contributed by atoms with van der Waals surface area (Å²) < 4.78 is 19.1. The van der Waals surface area contributed by atoms with Gasteiger partial charge >= 0.3 is 0 Å². The first-order chi connectivity index (χ1) is 13.8. The topological polar surface area (TPSA) is 58.6 Å². The van der Waals surface area contributed by atoms with Crippen LogP contribution in [0.2, 0.25) is 5.02 Å². The van der Waals surface area contributed by atoms with E-state index in [1.54, 1.807) is 37.3 Å². The molecule has 2 amide bonds. The van der Waals surface area contributed by atoms with Crippen LogP contribution in [0, 0.1) is 5.82 Å². The van der Waals surface area contributed by atoms with E-state index in [0.29, 0.717) is 5.02 Å². The minimum absolute atomic E-state index is 0.00732. The predicted molar refractivity (Wildman–Crippen MR) is 111 cm³/mol. The number of carbonyl (C=O) groups is 2. The van der Waals surface area contributed by atoms with Gasteiger partial charge in [0.05, 0.1) is 0 Å². The molecule has 0 aliphatic heterocycles. The van der Waals surface area contributed by atoms with Gasteiger partial charge in [-0.25, -0.2) is 4.39 Å². The zero-order valence-corrected chi connectivity index (χ0v) is 17.6. The van der Waals surface area contributed by atoms with Crippen LogP contribution in [-0.2, 0) is 16.1 Å². The number of hydrogen-bond donors (Lipinski definition) is 1. The molecule has 0 fully saturated rings. The second-order valence-electron chi connectivity index (χ2n) is 6.86. The molecule has 0 aromatic heterocycles. The monoisotopic (exact) mass is 420 g/mol. The normalized spacial score (nSPS) is 12.7. The van der Waals surface area contributed by atoms with Crippen molar-refractivity contribution in [1.29, 1.82) is 0 Å². The quantitative estimate of drug-likeness (QED) is 0.661. The molecule has 0 radical (unpaired) electrons. The average molecular weight is 421 g/mol. The van der Waals surface area contributed by atoms with Crippen molar-refractivity contribution in [3.8, 4) is 5.75 Å². The first-order valence-electron chi connectivity index (χ1n) is 9.53. The standard InChI is InChI=1S/C22H26ClFN2O3/c1-4-15(2)25-22(28)16(3)26(13-17-9-11-18(23)12-10-17)21(27)14-29-20-8-6-5-7-19(20)24/h5-12,15-16H,4,13-14H2,1-3H3,(H,25,28)/t15-,16-/m0/s1. The van der Waals surface area contributed by atoms with E-state index in [9.17, 15) is 14.0 Å². The van der Waals surface area contributed by atoms with Crippen molar-refractivity contribution in [3.63, 3.8) is 0 Å². The minimum atomic E-state index is -0.726. The van der Waals surface area contributed by atoms with Crippen LogP contribution in [0.3, 0.4) is 0 Å². The number of para-hydroxylation sites is 1. The van der Waals surface area contributed by atoms with Gasteiger partial charge < -0.3 is 15.0 Å². The highest BCUT2D eigenvalue weighted by molar-refractivity contribution is 6.30. The summed E-state index contributed by atoms with van der Waals surface area (Å²) in [5, 5.41) is 3.47. The molecule has 1 N–H and O–H groups in total. The number of rotatable bonds is 9. The fourth-order valence-corrected chi connectivity index (χ4v) is 2.74. The fraction of sp³-hybridized carbons (Fsp3) is 0.364. The Balaban J connectivity index is 2.15. The molecule has 0 spiro atoms. The van der Waals surface area contributed by atoms with Gasteiger partial charge in [-0.3, -0.25) is 9.59 Å². The zero-order valence-electron chi connectivity index (χ0n) is 16.8. The first-order valence-corrected chi connectivity index (χ1v) is 9.91. The lowest BCUT2D eigenvalue weighted by molar-refractivity contribution is -0.142. The van der Waals surface area contributed by atoms with E-state index >= 15 is 0 Å². The SMILES string of the molecule is CC[C@H](C)NC(=O)[C@H](C)N(Cc1ccc(Cl)cc1)C(=O)COc1ccccc1F. The molecule has 0 aliphatic carbocycles. The van der Waals surface area contributed by atoms with Gasteiger partial charge in [0.25, 0.3) is 5.91 Å². The Bertz CT molecular complexity index is 829. The number of carbonyl (C=O) groups excluding carboxylic acids is 2. The Morgan fingerprint density at radius 2 is 1.79 bits per heavy atom. The molecule has 5 nitrogen and oxygen atoms in total. The molecule has 0 saturated heterocycles. The molecule has 0 bridgehead atoms. The summed E-state index contributed by atoms with van der Waals surface area (Å²) in [4.78, 5) is 26.9. The van der Waals surface area contributed by atoms with Crippen LogP contribution in [-0.4, -0.2) is 35.4 Å². The molecule has 2 rings (SSSR count). The third kappa shape index (κ3) is 6.75. The van der Waals surface area contributed by atoms with E-state index in [1.807, 2.05) is 13.8 Å². The van der Waals surface area contributed by atoms with Crippen LogP contribution in [0.1, 0.15) is 32.8 Å². The van der Waals surface area contributed by atoms with Gasteiger partial charge in [0.1, 0.15) is 6.04 Å². The molecule has 0 heterocycles. The summed E-state index contributed by atoms with van der Waals surface area (Å²) in [5.41, 5.74) is 0.817. The summed E-state index contributed by atoms with van der Waals surface area (Å²) in [6.45, 7) is 5.35. The molecule has 7 heteroatoms. The van der Waals surface area contributed by atoms with Crippen molar-refractivity contribution >= 4 is 23.4 Å². The van der Waals surface area contributed by atoms with Gasteiger partial charge in [0, 0.05) is 17.6 Å². The van der Waals surface area contributed by atoms with Gasteiger partial charge in [0.15, 0.2) is 18.2 Å². The summed E-state index contributed by atoms with van der Waals surface area (Å²) in [6.07, 6.45) is 0.778. The van der Waals surface area contributed by atoms with Crippen LogP contribution in [0.25, 0.3) is 0 Å². The number of nitrogens with zero attached hydrogens (tertiary/aromatic N) is 1. The number of halogens is 2. The van der Waals surface area contributed by atoms with Crippen molar-refractivity contribution < 1.29 is 18.7 Å². The molecular formula is C22H26ClFN2O3. The Labute approximate surface area is 175 Å². The second-order valence-corrected chi connectivity index (χ2v) is 7.30. The summed E-state index contributed by atoms with van der Waals surface area (Å²) in [6, 6.07) is 12.2. The van der Waals surface area contributed by atoms with Crippen LogP contribution in [0.15, 0.2) is 48.5 Å². The summed E-state index contributed by atoms with van der Waals surface area (Å²) in [5.74, 6) is -1.24. The van der Waals surface area contributed by atoms with Gasteiger partial charge in [0.2, 0.25) is 5.91 Å². The molecule has 2 aromatic rings. The molecule has 156 valence electrons. The van der Waals surface area contributed by atoms with E-state index in [1.165, 1.54) is 23.1 Å². The number of amides is 2. The van der Waals surface area contributed by atoms with E-state index in [2.05, 4.69) is 5.32 Å². The first kappa shape index (κ1) is 22.7. The van der Waals surface area contributed by atoms with Crippen LogP contribution in [0.5, 0.6) is 5.75 Å². The largest absolute Gasteiger partial charge is 0.481 e. The van der Waals surface area contributed by atoms with Crippen molar-refractivity contribution in [1.82, 2.24) is 10.2 Å². The molecule has 0 aliphatic rings. The average Bonchev–Trinajstić information content (AvgIpc) is 2.71. The lowest BCUT2D eigenvalue weighted by atomic mass is 10.1. The number of benzene rings is 2. The van der Waals surface area contributed by atoms with Crippen LogP contribution < -0.4 is 10.1 Å². The van der Waals surface area contributed by atoms with Crippen molar-refractivity contribution in [2.45, 2.75) is 45.8 Å². The smallest absolute Gasteiger partial charge is 0.261 e. The van der Waals surface area contributed by atoms with Gasteiger partial charge in [-0.05, 0) is 50.1 Å². The van der Waals surface area contributed by atoms with E-state index in [4.69, 9.17) is 16.3 Å². The Hall–Kier alpha value is -2.60. The summed E-state index contributed by atoms with van der Waals surface area (Å²) >= 11 is 5.93. The third-order valence-electron chi connectivity index (χ3n) is 4.62. The molecule has 2 aromatic carbocycles. The third-order valence-corrected chi connectivity index (χ3v) is 4.87. The van der Waals surface area contributed by atoms with Crippen LogP contribution in [0.4, 0.5) is 4.39 Å². The van der Waals surface area contributed by atoms with Crippen LogP contribution >= 0.6 is 11.6 Å². The van der Waals surface area contributed by atoms with Gasteiger partial charge in [-0.1, -0.05) is 42.8 Å². The van der Waals surface area contributed by atoms with Crippen molar-refractivity contribution in [2.24, 2.45) is 0 Å². The Morgan fingerprint density at radius 1 is 1.14 bits per heavy atom.